The molecule has 124 valence electrons. The van der Waals surface area contributed by atoms with Crippen LogP contribution in [0.4, 0.5) is 4.79 Å². The van der Waals surface area contributed by atoms with Gasteiger partial charge in [-0.3, -0.25) is 0 Å². The van der Waals surface area contributed by atoms with Gasteiger partial charge in [0.05, 0.1) is 17.7 Å². The molecule has 5 heteroatoms. The third kappa shape index (κ3) is 2.88. The standard InChI is InChI=1S/C19H21N3O2/c1-3-21-17(10-15-5-4-14(11-20)9-18(15)21)7-6-16-8-13(2)12-22(16)19(23)24/h4-7,9-10,13,16H,3,8,12H2,1-2H3,(H,23,24). The number of nitriles is 1. The van der Waals surface area contributed by atoms with Gasteiger partial charge >= 0.3 is 6.09 Å². The number of nitrogens with zero attached hydrogens (tertiary/aromatic N) is 3. The lowest BCUT2D eigenvalue weighted by atomic mass is 10.1. The highest BCUT2D eigenvalue weighted by Gasteiger charge is 2.31. The lowest BCUT2D eigenvalue weighted by Gasteiger charge is -2.18. The van der Waals surface area contributed by atoms with E-state index in [1.165, 1.54) is 4.90 Å². The van der Waals surface area contributed by atoms with E-state index < -0.39 is 6.09 Å². The van der Waals surface area contributed by atoms with Crippen LogP contribution in [0.25, 0.3) is 17.0 Å². The van der Waals surface area contributed by atoms with Gasteiger partial charge in [-0.05, 0) is 43.5 Å². The predicted molar refractivity (Wildman–Crippen MR) is 93.7 cm³/mol. The number of hydrogen-bond donors (Lipinski definition) is 1. The Hall–Kier alpha value is -2.74. The molecule has 0 aliphatic carbocycles. The maximum absolute atomic E-state index is 11.4. The molecule has 0 spiro atoms. The first kappa shape index (κ1) is 16.1. The first-order chi connectivity index (χ1) is 11.5. The Morgan fingerprint density at radius 2 is 2.25 bits per heavy atom. The van der Waals surface area contributed by atoms with Gasteiger partial charge in [-0.25, -0.2) is 4.79 Å². The molecule has 1 N–H and O–H groups in total. The van der Waals surface area contributed by atoms with Crippen LogP contribution < -0.4 is 0 Å². The minimum absolute atomic E-state index is 0.0736. The zero-order chi connectivity index (χ0) is 17.3. The Bertz CT molecular complexity index is 844. The van der Waals surface area contributed by atoms with Crippen LogP contribution >= 0.6 is 0 Å². The van der Waals surface area contributed by atoms with E-state index in [4.69, 9.17) is 5.26 Å². The van der Waals surface area contributed by atoms with E-state index in [0.717, 1.165) is 29.6 Å². The highest BCUT2D eigenvalue weighted by atomic mass is 16.4. The van der Waals surface area contributed by atoms with Gasteiger partial charge in [-0.2, -0.15) is 5.26 Å². The number of fused-ring (bicyclic) bond motifs is 1. The van der Waals surface area contributed by atoms with Gasteiger partial charge in [0.1, 0.15) is 0 Å². The molecule has 2 unspecified atom stereocenters. The summed E-state index contributed by atoms with van der Waals surface area (Å²) in [5.41, 5.74) is 2.71. The minimum Gasteiger partial charge on any atom is -0.465 e. The van der Waals surface area contributed by atoms with Crippen molar-refractivity contribution in [1.29, 1.82) is 5.26 Å². The van der Waals surface area contributed by atoms with Crippen molar-refractivity contribution in [3.63, 3.8) is 0 Å². The average molecular weight is 323 g/mol. The van der Waals surface area contributed by atoms with Crippen molar-refractivity contribution in [1.82, 2.24) is 9.47 Å². The highest BCUT2D eigenvalue weighted by molar-refractivity contribution is 5.85. The fourth-order valence-electron chi connectivity index (χ4n) is 3.53. The number of likely N-dealkylation sites (tertiary alicyclic amines) is 1. The predicted octanol–water partition coefficient (Wildman–Crippen LogP) is 3.93. The largest absolute Gasteiger partial charge is 0.465 e. The molecule has 24 heavy (non-hydrogen) atoms. The number of benzene rings is 1. The number of aromatic nitrogens is 1. The zero-order valence-corrected chi connectivity index (χ0v) is 13.9. The molecule has 2 aromatic rings. The fraction of sp³-hybridized carbons (Fsp3) is 0.368. The maximum atomic E-state index is 11.4. The fourth-order valence-corrected chi connectivity index (χ4v) is 3.53. The summed E-state index contributed by atoms with van der Waals surface area (Å²) in [6.07, 6.45) is 3.99. The molecule has 1 saturated heterocycles. The number of carbonyl (C=O) groups is 1. The lowest BCUT2D eigenvalue weighted by Crippen LogP contribution is -2.33. The van der Waals surface area contributed by atoms with E-state index >= 15 is 0 Å². The summed E-state index contributed by atoms with van der Waals surface area (Å²) >= 11 is 0. The van der Waals surface area contributed by atoms with Crippen LogP contribution in [0.15, 0.2) is 30.3 Å². The summed E-state index contributed by atoms with van der Waals surface area (Å²) in [5, 5.41) is 19.5. The van der Waals surface area contributed by atoms with Crippen LogP contribution in [0.2, 0.25) is 0 Å². The molecule has 0 saturated carbocycles. The van der Waals surface area contributed by atoms with Gasteiger partial charge in [0.2, 0.25) is 0 Å². The Morgan fingerprint density at radius 1 is 1.46 bits per heavy atom. The third-order valence-corrected chi connectivity index (χ3v) is 4.67. The molecule has 0 bridgehead atoms. The average Bonchev–Trinajstić information content (AvgIpc) is 3.11. The SMILES string of the molecule is CCn1c(C=CC2CC(C)CN2C(=O)O)cc2ccc(C#N)cc21. The second-order valence-electron chi connectivity index (χ2n) is 6.40. The first-order valence-electron chi connectivity index (χ1n) is 8.24. The van der Waals surface area contributed by atoms with Gasteiger partial charge in [-0.15, -0.1) is 0 Å². The van der Waals surface area contributed by atoms with Crippen LogP contribution in [-0.2, 0) is 6.54 Å². The molecule has 2 atom stereocenters. The van der Waals surface area contributed by atoms with E-state index in [1.807, 2.05) is 30.4 Å². The summed E-state index contributed by atoms with van der Waals surface area (Å²) < 4.78 is 2.15. The van der Waals surface area contributed by atoms with Gasteiger partial charge in [0.15, 0.2) is 0 Å². The van der Waals surface area contributed by atoms with Crippen LogP contribution in [0, 0.1) is 17.2 Å². The lowest BCUT2D eigenvalue weighted by molar-refractivity contribution is 0.146. The van der Waals surface area contributed by atoms with Gasteiger partial charge in [0, 0.05) is 29.7 Å². The Balaban J connectivity index is 1.95. The van der Waals surface area contributed by atoms with Crippen molar-refractivity contribution in [2.75, 3.05) is 6.54 Å². The summed E-state index contributed by atoms with van der Waals surface area (Å²) in [7, 11) is 0. The second-order valence-corrected chi connectivity index (χ2v) is 6.40. The Kier molecular flexibility index (Phi) is 4.30. The third-order valence-electron chi connectivity index (χ3n) is 4.67. The minimum atomic E-state index is -0.858. The van der Waals surface area contributed by atoms with Crippen molar-refractivity contribution in [2.45, 2.75) is 32.9 Å². The molecule has 3 rings (SSSR count). The van der Waals surface area contributed by atoms with Crippen LogP contribution in [0.1, 0.15) is 31.5 Å². The number of rotatable bonds is 3. The molecule has 1 aromatic carbocycles. The quantitative estimate of drug-likeness (QED) is 0.930. The smallest absolute Gasteiger partial charge is 0.407 e. The molecule has 5 nitrogen and oxygen atoms in total. The summed E-state index contributed by atoms with van der Waals surface area (Å²) in [5.74, 6) is 0.381. The van der Waals surface area contributed by atoms with E-state index in [2.05, 4.69) is 30.6 Å². The second kappa shape index (κ2) is 6.40. The molecule has 1 aliphatic rings. The monoisotopic (exact) mass is 323 g/mol. The maximum Gasteiger partial charge on any atom is 0.407 e. The van der Waals surface area contributed by atoms with Crippen molar-refractivity contribution in [3.8, 4) is 6.07 Å². The molecular formula is C19H21N3O2. The van der Waals surface area contributed by atoms with Crippen LogP contribution in [0.5, 0.6) is 0 Å². The van der Waals surface area contributed by atoms with Gasteiger partial charge < -0.3 is 14.6 Å². The van der Waals surface area contributed by atoms with Crippen LogP contribution in [0.3, 0.4) is 0 Å². The van der Waals surface area contributed by atoms with Crippen molar-refractivity contribution < 1.29 is 9.90 Å². The highest BCUT2D eigenvalue weighted by Crippen LogP contribution is 2.26. The van der Waals surface area contributed by atoms with Gasteiger partial charge in [0.25, 0.3) is 0 Å². The number of aryl methyl sites for hydroxylation is 1. The Morgan fingerprint density at radius 3 is 2.92 bits per heavy atom. The van der Waals surface area contributed by atoms with Crippen molar-refractivity contribution >= 4 is 23.1 Å². The van der Waals surface area contributed by atoms with E-state index in [1.54, 1.807) is 0 Å². The Labute approximate surface area is 141 Å². The molecule has 2 heterocycles. The molecule has 1 fully saturated rings. The normalized spacial score (nSPS) is 20.8. The van der Waals surface area contributed by atoms with E-state index in [0.29, 0.717) is 18.0 Å². The zero-order valence-electron chi connectivity index (χ0n) is 13.9. The van der Waals surface area contributed by atoms with E-state index in [9.17, 15) is 9.90 Å². The van der Waals surface area contributed by atoms with E-state index in [-0.39, 0.29) is 6.04 Å². The topological polar surface area (TPSA) is 69.3 Å². The number of amides is 1. The summed E-state index contributed by atoms with van der Waals surface area (Å²) in [6, 6.07) is 9.86. The van der Waals surface area contributed by atoms with Crippen molar-refractivity contribution in [2.24, 2.45) is 5.92 Å². The molecule has 1 aromatic heterocycles. The molecule has 0 radical (unpaired) electrons. The molecule has 1 aliphatic heterocycles. The van der Waals surface area contributed by atoms with Crippen LogP contribution in [-0.4, -0.2) is 33.3 Å². The number of hydrogen-bond acceptors (Lipinski definition) is 2. The number of carboxylic acid groups (broad SMARTS) is 1. The molecular weight excluding hydrogens is 302 g/mol. The van der Waals surface area contributed by atoms with Crippen molar-refractivity contribution in [3.05, 3.63) is 41.6 Å². The summed E-state index contributed by atoms with van der Waals surface area (Å²) in [4.78, 5) is 12.9. The van der Waals surface area contributed by atoms with Gasteiger partial charge in [-0.1, -0.05) is 19.1 Å². The summed E-state index contributed by atoms with van der Waals surface area (Å²) in [6.45, 7) is 5.53. The molecule has 1 amide bonds. The first-order valence-corrected chi connectivity index (χ1v) is 8.24.